The van der Waals surface area contributed by atoms with Gasteiger partial charge in [-0.25, -0.2) is 0 Å². The summed E-state index contributed by atoms with van der Waals surface area (Å²) in [6, 6.07) is 12.3. The Morgan fingerprint density at radius 3 is 2.64 bits per heavy atom. The fourth-order valence-corrected chi connectivity index (χ4v) is 2.93. The second kappa shape index (κ2) is 8.59. The average Bonchev–Trinajstić information content (AvgIpc) is 2.61. The fourth-order valence-electron chi connectivity index (χ4n) is 2.06. The summed E-state index contributed by atoms with van der Waals surface area (Å²) in [4.78, 5) is 22.0. The van der Waals surface area contributed by atoms with E-state index in [0.717, 1.165) is 17.7 Å². The molecular weight excluding hydrogens is 347 g/mol. The normalized spacial score (nSPS) is 13.1. The van der Waals surface area contributed by atoms with Gasteiger partial charge in [0.1, 0.15) is 0 Å². The van der Waals surface area contributed by atoms with Crippen molar-refractivity contribution in [2.24, 2.45) is 0 Å². The Morgan fingerprint density at radius 1 is 1.32 bits per heavy atom. The third-order valence-corrected chi connectivity index (χ3v) is 4.69. The van der Waals surface area contributed by atoms with Crippen molar-refractivity contribution in [3.63, 3.8) is 0 Å². The minimum Gasteiger partial charge on any atom is -0.388 e. The van der Waals surface area contributed by atoms with Crippen molar-refractivity contribution in [2.45, 2.75) is 18.3 Å². The van der Waals surface area contributed by atoms with Gasteiger partial charge in [-0.3, -0.25) is 14.9 Å². The van der Waals surface area contributed by atoms with Crippen LogP contribution in [0.25, 0.3) is 0 Å². The maximum Gasteiger partial charge on any atom is 0.306 e. The number of benzene rings is 2. The number of thioether (sulfide) groups is 1. The largest absolute Gasteiger partial charge is 0.388 e. The number of amides is 1. The van der Waals surface area contributed by atoms with E-state index in [1.54, 1.807) is 19.1 Å². The van der Waals surface area contributed by atoms with Crippen molar-refractivity contribution >= 4 is 29.0 Å². The van der Waals surface area contributed by atoms with Gasteiger partial charge in [0.25, 0.3) is 0 Å². The van der Waals surface area contributed by atoms with Crippen LogP contribution in [0.15, 0.2) is 48.5 Å². The van der Waals surface area contributed by atoms with E-state index in [-0.39, 0.29) is 11.6 Å². The summed E-state index contributed by atoms with van der Waals surface area (Å²) in [6.45, 7) is 1.66. The molecule has 0 radical (unpaired) electrons. The smallest absolute Gasteiger partial charge is 0.306 e. The van der Waals surface area contributed by atoms with Crippen molar-refractivity contribution in [3.05, 3.63) is 70.0 Å². The topological polar surface area (TPSA) is 92.5 Å². The van der Waals surface area contributed by atoms with Crippen LogP contribution >= 0.6 is 11.8 Å². The summed E-state index contributed by atoms with van der Waals surface area (Å²) < 4.78 is 13.3. The first kappa shape index (κ1) is 18.9. The molecule has 0 fully saturated rings. The lowest BCUT2D eigenvalue weighted by atomic mass is 10.1. The highest BCUT2D eigenvalue weighted by atomic mass is 32.2. The number of aliphatic hydroxyl groups is 1. The van der Waals surface area contributed by atoms with Crippen LogP contribution in [0.5, 0.6) is 0 Å². The van der Waals surface area contributed by atoms with Gasteiger partial charge in [-0.15, -0.1) is 11.8 Å². The molecule has 8 heteroatoms. The van der Waals surface area contributed by atoms with Crippen LogP contribution in [0.2, 0.25) is 0 Å². The van der Waals surface area contributed by atoms with Crippen LogP contribution < -0.4 is 5.32 Å². The zero-order valence-electron chi connectivity index (χ0n) is 13.4. The molecule has 0 aliphatic heterocycles. The number of carbonyl (C=O) groups is 1. The molecule has 2 aromatic carbocycles. The van der Waals surface area contributed by atoms with Gasteiger partial charge in [-0.05, 0) is 24.6 Å². The molecule has 0 aliphatic rings. The first-order chi connectivity index (χ1) is 11.9. The third-order valence-electron chi connectivity index (χ3n) is 3.47. The first-order valence-corrected chi connectivity index (χ1v) is 8.52. The Morgan fingerprint density at radius 2 is 2.00 bits per heavy atom. The number of nitro groups is 1. The standard InChI is InChI=1S/C17H17FN2O4S/c1-11(25-10-16(21)12-5-3-2-4-6-12)17(22)19-13-7-8-14(18)15(9-13)20(23)24/h2-9,11,16,21H,10H2,1H3,(H,19,22). The van der Waals surface area contributed by atoms with Crippen molar-refractivity contribution in [3.8, 4) is 0 Å². The lowest BCUT2D eigenvalue weighted by Gasteiger charge is -2.15. The molecule has 0 bridgehead atoms. The van der Waals surface area contributed by atoms with E-state index in [2.05, 4.69) is 5.32 Å². The minimum absolute atomic E-state index is 0.147. The molecule has 0 aliphatic carbocycles. The van der Waals surface area contributed by atoms with Crippen LogP contribution in [0.3, 0.4) is 0 Å². The summed E-state index contributed by atoms with van der Waals surface area (Å²) in [5.74, 6) is -1.02. The summed E-state index contributed by atoms with van der Waals surface area (Å²) in [5.41, 5.74) is 0.212. The molecule has 0 heterocycles. The third kappa shape index (κ3) is 5.27. The zero-order chi connectivity index (χ0) is 18.4. The number of hydrogen-bond acceptors (Lipinski definition) is 5. The molecule has 0 saturated heterocycles. The molecule has 25 heavy (non-hydrogen) atoms. The highest BCUT2D eigenvalue weighted by Crippen LogP contribution is 2.24. The van der Waals surface area contributed by atoms with Crippen molar-refractivity contribution in [2.75, 3.05) is 11.1 Å². The number of rotatable bonds is 7. The molecule has 6 nitrogen and oxygen atoms in total. The number of anilines is 1. The van der Waals surface area contributed by atoms with E-state index < -0.39 is 27.8 Å². The molecular formula is C17H17FN2O4S. The van der Waals surface area contributed by atoms with E-state index in [1.807, 2.05) is 18.2 Å². The number of carbonyl (C=O) groups excluding carboxylic acids is 1. The van der Waals surface area contributed by atoms with Crippen LogP contribution in [0.1, 0.15) is 18.6 Å². The molecule has 0 spiro atoms. The van der Waals surface area contributed by atoms with Gasteiger partial charge in [0, 0.05) is 17.5 Å². The Bertz CT molecular complexity index is 758. The minimum atomic E-state index is -0.962. The number of hydrogen-bond donors (Lipinski definition) is 2. The predicted molar refractivity (Wildman–Crippen MR) is 95.0 cm³/mol. The van der Waals surface area contributed by atoms with Crippen LogP contribution in [-0.2, 0) is 4.79 Å². The molecule has 2 N–H and O–H groups in total. The molecule has 132 valence electrons. The van der Waals surface area contributed by atoms with Crippen molar-refractivity contribution in [1.82, 2.24) is 0 Å². The number of nitrogens with zero attached hydrogens (tertiary/aromatic N) is 1. The molecule has 2 unspecified atom stereocenters. The molecule has 2 aromatic rings. The van der Waals surface area contributed by atoms with Gasteiger partial charge >= 0.3 is 5.69 Å². The summed E-state index contributed by atoms with van der Waals surface area (Å²) in [5, 5.41) is 22.8. The maximum absolute atomic E-state index is 13.3. The second-order valence-corrected chi connectivity index (χ2v) is 6.69. The van der Waals surface area contributed by atoms with E-state index in [4.69, 9.17) is 0 Å². The van der Waals surface area contributed by atoms with Gasteiger partial charge in [-0.2, -0.15) is 4.39 Å². The molecule has 0 aromatic heterocycles. The Labute approximate surface area is 148 Å². The summed E-state index contributed by atoms with van der Waals surface area (Å²) in [7, 11) is 0. The summed E-state index contributed by atoms with van der Waals surface area (Å²) >= 11 is 1.25. The number of aliphatic hydroxyl groups excluding tert-OH is 1. The Hall–Kier alpha value is -2.45. The molecule has 1 amide bonds. The van der Waals surface area contributed by atoms with Crippen molar-refractivity contribution in [1.29, 1.82) is 0 Å². The van der Waals surface area contributed by atoms with Crippen LogP contribution in [-0.4, -0.2) is 26.9 Å². The molecule has 2 atom stereocenters. The predicted octanol–water partition coefficient (Wildman–Crippen LogP) is 3.53. The zero-order valence-corrected chi connectivity index (χ0v) is 14.2. The highest BCUT2D eigenvalue weighted by Gasteiger charge is 2.19. The molecule has 0 saturated carbocycles. The van der Waals surface area contributed by atoms with E-state index >= 15 is 0 Å². The van der Waals surface area contributed by atoms with Gasteiger partial charge in [0.05, 0.1) is 16.3 Å². The highest BCUT2D eigenvalue weighted by molar-refractivity contribution is 8.00. The fraction of sp³-hybridized carbons (Fsp3) is 0.235. The molecule has 2 rings (SSSR count). The van der Waals surface area contributed by atoms with Gasteiger partial charge < -0.3 is 10.4 Å². The van der Waals surface area contributed by atoms with Crippen molar-refractivity contribution < 1.29 is 19.2 Å². The summed E-state index contributed by atoms with van der Waals surface area (Å²) in [6.07, 6.45) is -0.701. The van der Waals surface area contributed by atoms with Crippen LogP contribution in [0.4, 0.5) is 15.8 Å². The van der Waals surface area contributed by atoms with E-state index in [9.17, 15) is 24.4 Å². The number of nitrogens with one attached hydrogen (secondary N) is 1. The lowest BCUT2D eigenvalue weighted by molar-refractivity contribution is -0.387. The van der Waals surface area contributed by atoms with Gasteiger partial charge in [0.2, 0.25) is 11.7 Å². The maximum atomic E-state index is 13.3. The van der Waals surface area contributed by atoms with Gasteiger partial charge in [0.15, 0.2) is 0 Å². The van der Waals surface area contributed by atoms with Gasteiger partial charge in [-0.1, -0.05) is 30.3 Å². The monoisotopic (exact) mass is 364 g/mol. The Kier molecular flexibility index (Phi) is 6.49. The van der Waals surface area contributed by atoms with E-state index in [0.29, 0.717) is 5.75 Å². The quantitative estimate of drug-likeness (QED) is 0.579. The van der Waals surface area contributed by atoms with Crippen LogP contribution in [0, 0.1) is 15.9 Å². The second-order valence-electron chi connectivity index (χ2n) is 5.31. The average molecular weight is 364 g/mol. The lowest BCUT2D eigenvalue weighted by Crippen LogP contribution is -2.23. The first-order valence-electron chi connectivity index (χ1n) is 7.48. The Balaban J connectivity index is 1.92. The number of nitro benzene ring substituents is 1. The SMILES string of the molecule is CC(SCC(O)c1ccccc1)C(=O)Nc1ccc(F)c([N+](=O)[O-])c1. The number of halogens is 1. The van der Waals surface area contributed by atoms with E-state index in [1.165, 1.54) is 17.8 Å².